The number of aliphatic imine (C=N–C) groups is 1. The maximum absolute atomic E-state index is 12.4. The highest BCUT2D eigenvalue weighted by atomic mass is 16.2. The zero-order valence-electron chi connectivity index (χ0n) is 16.0. The van der Waals surface area contributed by atoms with Gasteiger partial charge in [-0.2, -0.15) is 0 Å². The van der Waals surface area contributed by atoms with E-state index in [0.29, 0.717) is 13.1 Å². The van der Waals surface area contributed by atoms with Gasteiger partial charge in [0.2, 0.25) is 5.91 Å². The van der Waals surface area contributed by atoms with E-state index < -0.39 is 0 Å². The molecule has 0 saturated carbocycles. The molecule has 1 aliphatic rings. The number of nitrogens with two attached hydrogens (primary N) is 1. The molecule has 0 radical (unpaired) electrons. The van der Waals surface area contributed by atoms with Gasteiger partial charge in [0.1, 0.15) is 6.54 Å². The number of amides is 1. The monoisotopic (exact) mass is 365 g/mol. The SMILES string of the molecule is Cc1cc(C)cc(NC(N)=NCC(=O)N2CCN(c3ccccc3)CC2)c1. The fraction of sp³-hybridized carbons (Fsp3) is 0.333. The van der Waals surface area contributed by atoms with Gasteiger partial charge in [0.15, 0.2) is 5.96 Å². The topological polar surface area (TPSA) is 74.0 Å². The van der Waals surface area contributed by atoms with Gasteiger partial charge in [-0.1, -0.05) is 24.3 Å². The Morgan fingerprint density at radius 1 is 1.04 bits per heavy atom. The number of rotatable bonds is 4. The molecule has 6 heteroatoms. The number of guanidine groups is 1. The molecule has 0 aliphatic carbocycles. The van der Waals surface area contributed by atoms with E-state index in [1.54, 1.807) is 0 Å². The summed E-state index contributed by atoms with van der Waals surface area (Å²) in [6.07, 6.45) is 0. The molecule has 2 aromatic carbocycles. The van der Waals surface area contributed by atoms with Gasteiger partial charge in [-0.05, 0) is 49.2 Å². The maximum atomic E-state index is 12.4. The number of aryl methyl sites for hydroxylation is 2. The first-order chi connectivity index (χ1) is 13.0. The van der Waals surface area contributed by atoms with Crippen molar-refractivity contribution in [2.45, 2.75) is 13.8 Å². The van der Waals surface area contributed by atoms with Crippen LogP contribution >= 0.6 is 0 Å². The molecule has 3 N–H and O–H groups in total. The predicted octanol–water partition coefficient (Wildman–Crippen LogP) is 2.38. The van der Waals surface area contributed by atoms with E-state index in [9.17, 15) is 4.79 Å². The second kappa shape index (κ2) is 8.58. The number of nitrogens with one attached hydrogen (secondary N) is 1. The summed E-state index contributed by atoms with van der Waals surface area (Å²) in [6.45, 7) is 7.19. The second-order valence-electron chi connectivity index (χ2n) is 6.91. The summed E-state index contributed by atoms with van der Waals surface area (Å²) >= 11 is 0. The first-order valence-electron chi connectivity index (χ1n) is 9.24. The second-order valence-corrected chi connectivity index (χ2v) is 6.91. The van der Waals surface area contributed by atoms with Crippen LogP contribution in [0.25, 0.3) is 0 Å². The molecule has 1 fully saturated rings. The van der Waals surface area contributed by atoms with Crippen molar-refractivity contribution in [1.82, 2.24) is 4.90 Å². The molecule has 1 saturated heterocycles. The van der Waals surface area contributed by atoms with Gasteiger partial charge >= 0.3 is 0 Å². The third-order valence-electron chi connectivity index (χ3n) is 4.63. The molecular formula is C21H27N5O. The fourth-order valence-corrected chi connectivity index (χ4v) is 3.34. The minimum absolute atomic E-state index is 0.00730. The van der Waals surface area contributed by atoms with Crippen molar-refractivity contribution in [2.24, 2.45) is 10.7 Å². The zero-order chi connectivity index (χ0) is 19.2. The lowest BCUT2D eigenvalue weighted by Gasteiger charge is -2.35. The van der Waals surface area contributed by atoms with E-state index in [-0.39, 0.29) is 18.4 Å². The summed E-state index contributed by atoms with van der Waals surface area (Å²) in [5.74, 6) is 0.268. The first kappa shape index (κ1) is 18.8. The summed E-state index contributed by atoms with van der Waals surface area (Å²) in [6, 6.07) is 16.4. The summed E-state index contributed by atoms with van der Waals surface area (Å²) < 4.78 is 0. The van der Waals surface area contributed by atoms with Gasteiger partial charge in [0, 0.05) is 37.6 Å². The van der Waals surface area contributed by atoms with Crippen LogP contribution in [0.5, 0.6) is 0 Å². The van der Waals surface area contributed by atoms with Gasteiger partial charge in [-0.3, -0.25) is 4.79 Å². The molecular weight excluding hydrogens is 338 g/mol. The largest absolute Gasteiger partial charge is 0.370 e. The molecule has 2 aromatic rings. The molecule has 3 rings (SSSR count). The standard InChI is InChI=1S/C21H27N5O/c1-16-12-17(2)14-18(13-16)24-21(22)23-15-20(27)26-10-8-25(9-11-26)19-6-4-3-5-7-19/h3-7,12-14H,8-11,15H2,1-2H3,(H3,22,23,24). The van der Waals surface area contributed by atoms with Crippen LogP contribution in [-0.4, -0.2) is 49.5 Å². The number of anilines is 2. The smallest absolute Gasteiger partial charge is 0.244 e. The third kappa shape index (κ3) is 5.23. The van der Waals surface area contributed by atoms with E-state index in [2.05, 4.69) is 33.4 Å². The van der Waals surface area contributed by atoms with Crippen LogP contribution in [0.15, 0.2) is 53.5 Å². The Morgan fingerprint density at radius 2 is 1.67 bits per heavy atom. The molecule has 1 aliphatic heterocycles. The fourth-order valence-electron chi connectivity index (χ4n) is 3.34. The molecule has 142 valence electrons. The van der Waals surface area contributed by atoms with Crippen LogP contribution in [0.2, 0.25) is 0 Å². The number of para-hydroxylation sites is 1. The van der Waals surface area contributed by atoms with Crippen LogP contribution in [0.3, 0.4) is 0 Å². The van der Waals surface area contributed by atoms with E-state index in [1.807, 2.05) is 49.1 Å². The molecule has 27 heavy (non-hydrogen) atoms. The highest BCUT2D eigenvalue weighted by Crippen LogP contribution is 2.16. The highest BCUT2D eigenvalue weighted by Gasteiger charge is 2.20. The third-order valence-corrected chi connectivity index (χ3v) is 4.63. The van der Waals surface area contributed by atoms with Gasteiger partial charge < -0.3 is 20.9 Å². The molecule has 0 unspecified atom stereocenters. The average Bonchev–Trinajstić information content (AvgIpc) is 2.66. The van der Waals surface area contributed by atoms with E-state index in [0.717, 1.165) is 29.9 Å². The minimum Gasteiger partial charge on any atom is -0.370 e. The maximum Gasteiger partial charge on any atom is 0.244 e. The number of carbonyl (C=O) groups excluding carboxylic acids is 1. The predicted molar refractivity (Wildman–Crippen MR) is 111 cm³/mol. The Bertz CT molecular complexity index is 790. The van der Waals surface area contributed by atoms with E-state index in [1.165, 1.54) is 5.69 Å². The molecule has 1 heterocycles. The summed E-state index contributed by atoms with van der Waals surface area (Å²) in [5, 5.41) is 3.06. The quantitative estimate of drug-likeness (QED) is 0.644. The van der Waals surface area contributed by atoms with Gasteiger partial charge in [0.25, 0.3) is 0 Å². The Hall–Kier alpha value is -3.02. The van der Waals surface area contributed by atoms with Gasteiger partial charge in [0.05, 0.1) is 0 Å². The van der Waals surface area contributed by atoms with Gasteiger partial charge in [-0.15, -0.1) is 0 Å². The van der Waals surface area contributed by atoms with Crippen LogP contribution < -0.4 is 16.0 Å². The minimum atomic E-state index is 0.00730. The van der Waals surface area contributed by atoms with Crippen molar-refractivity contribution < 1.29 is 4.79 Å². The van der Waals surface area contributed by atoms with Crippen molar-refractivity contribution in [3.8, 4) is 0 Å². The van der Waals surface area contributed by atoms with Crippen molar-refractivity contribution in [3.05, 3.63) is 59.7 Å². The lowest BCUT2D eigenvalue weighted by Crippen LogP contribution is -2.49. The van der Waals surface area contributed by atoms with Crippen LogP contribution in [0, 0.1) is 13.8 Å². The average molecular weight is 365 g/mol. The van der Waals surface area contributed by atoms with Crippen molar-refractivity contribution in [3.63, 3.8) is 0 Å². The van der Waals surface area contributed by atoms with Crippen molar-refractivity contribution in [1.29, 1.82) is 0 Å². The van der Waals surface area contributed by atoms with Crippen molar-refractivity contribution in [2.75, 3.05) is 42.9 Å². The Kier molecular flexibility index (Phi) is 5.96. The lowest BCUT2D eigenvalue weighted by atomic mass is 10.1. The number of nitrogens with zero attached hydrogens (tertiary/aromatic N) is 3. The summed E-state index contributed by atoms with van der Waals surface area (Å²) in [7, 11) is 0. The Labute approximate surface area is 160 Å². The van der Waals surface area contributed by atoms with E-state index >= 15 is 0 Å². The Morgan fingerprint density at radius 3 is 2.30 bits per heavy atom. The molecule has 0 atom stereocenters. The molecule has 6 nitrogen and oxygen atoms in total. The number of hydrogen-bond donors (Lipinski definition) is 2. The van der Waals surface area contributed by atoms with Crippen LogP contribution in [-0.2, 0) is 4.79 Å². The number of piperazine rings is 1. The zero-order valence-corrected chi connectivity index (χ0v) is 16.0. The highest BCUT2D eigenvalue weighted by molar-refractivity contribution is 5.94. The first-order valence-corrected chi connectivity index (χ1v) is 9.24. The van der Waals surface area contributed by atoms with Crippen LogP contribution in [0.4, 0.5) is 11.4 Å². The summed E-state index contributed by atoms with van der Waals surface area (Å²) in [4.78, 5) is 20.8. The van der Waals surface area contributed by atoms with E-state index in [4.69, 9.17) is 5.73 Å². The Balaban J connectivity index is 1.49. The number of carbonyl (C=O) groups is 1. The summed E-state index contributed by atoms with van der Waals surface area (Å²) in [5.41, 5.74) is 10.3. The van der Waals surface area contributed by atoms with Gasteiger partial charge in [-0.25, -0.2) is 4.99 Å². The molecule has 0 spiro atoms. The lowest BCUT2D eigenvalue weighted by molar-refractivity contribution is -0.129. The molecule has 1 amide bonds. The van der Waals surface area contributed by atoms with Crippen LogP contribution in [0.1, 0.15) is 11.1 Å². The normalized spacial score (nSPS) is 15.0. The number of benzene rings is 2. The molecule has 0 aromatic heterocycles. The number of hydrogen-bond acceptors (Lipinski definition) is 3. The molecule has 0 bridgehead atoms. The van der Waals surface area contributed by atoms with Crippen molar-refractivity contribution >= 4 is 23.2 Å².